The average Bonchev–Trinajstić information content (AvgIpc) is 2.70. The van der Waals surface area contributed by atoms with Gasteiger partial charge in [-0.25, -0.2) is 0 Å². The molecule has 0 aliphatic carbocycles. The van der Waals surface area contributed by atoms with Crippen LogP contribution >= 0.6 is 0 Å². The predicted octanol–water partition coefficient (Wildman–Crippen LogP) is 1.80. The lowest BCUT2D eigenvalue weighted by molar-refractivity contribution is -0.158. The Morgan fingerprint density at radius 3 is 2.37 bits per heavy atom. The average molecular weight is 370 g/mol. The van der Waals surface area contributed by atoms with Gasteiger partial charge in [0.25, 0.3) is 11.8 Å². The number of esters is 1. The molecule has 0 aliphatic rings. The van der Waals surface area contributed by atoms with Gasteiger partial charge in [0.1, 0.15) is 12.3 Å². The SMILES string of the molecule is COc1cccc(C(=O)NCC(=O)O[C@H](C(=O)N(C)C)c2ccccc2)c1. The summed E-state index contributed by atoms with van der Waals surface area (Å²) in [6, 6.07) is 15.3. The van der Waals surface area contributed by atoms with Gasteiger partial charge in [0, 0.05) is 25.2 Å². The number of ether oxygens (including phenoxy) is 2. The predicted molar refractivity (Wildman–Crippen MR) is 99.3 cm³/mol. The normalized spacial score (nSPS) is 11.2. The Hall–Kier alpha value is -3.35. The summed E-state index contributed by atoms with van der Waals surface area (Å²) in [6.07, 6.45) is -1.07. The molecule has 0 radical (unpaired) electrons. The lowest BCUT2D eigenvalue weighted by atomic mass is 10.1. The van der Waals surface area contributed by atoms with E-state index in [-0.39, 0.29) is 12.5 Å². The summed E-state index contributed by atoms with van der Waals surface area (Å²) in [5.41, 5.74) is 0.912. The van der Waals surface area contributed by atoms with Crippen LogP contribution in [-0.2, 0) is 14.3 Å². The van der Waals surface area contributed by atoms with E-state index in [1.807, 2.05) is 0 Å². The van der Waals surface area contributed by atoms with Gasteiger partial charge >= 0.3 is 5.97 Å². The first kappa shape index (κ1) is 20.0. The van der Waals surface area contributed by atoms with E-state index in [1.54, 1.807) is 68.7 Å². The summed E-state index contributed by atoms with van der Waals surface area (Å²) in [5, 5.41) is 2.48. The minimum atomic E-state index is -1.07. The molecule has 2 aromatic carbocycles. The molecule has 0 spiro atoms. The first-order valence-electron chi connectivity index (χ1n) is 8.30. The number of nitrogens with zero attached hydrogens (tertiary/aromatic N) is 1. The van der Waals surface area contributed by atoms with Crippen LogP contribution in [0.25, 0.3) is 0 Å². The summed E-state index contributed by atoms with van der Waals surface area (Å²) in [4.78, 5) is 38.0. The molecular weight excluding hydrogens is 348 g/mol. The van der Waals surface area contributed by atoms with Crippen LogP contribution in [0, 0.1) is 0 Å². The van der Waals surface area contributed by atoms with Crippen molar-refractivity contribution in [3.63, 3.8) is 0 Å². The van der Waals surface area contributed by atoms with E-state index in [4.69, 9.17) is 9.47 Å². The van der Waals surface area contributed by atoms with Gasteiger partial charge in [0.05, 0.1) is 7.11 Å². The molecule has 27 heavy (non-hydrogen) atoms. The summed E-state index contributed by atoms with van der Waals surface area (Å²) >= 11 is 0. The van der Waals surface area contributed by atoms with Gasteiger partial charge in [-0.3, -0.25) is 14.4 Å². The quantitative estimate of drug-likeness (QED) is 0.751. The van der Waals surface area contributed by atoms with Crippen molar-refractivity contribution in [1.82, 2.24) is 10.2 Å². The maximum Gasteiger partial charge on any atom is 0.326 e. The molecule has 7 heteroatoms. The molecule has 0 aliphatic heterocycles. The second kappa shape index (κ2) is 9.38. The molecule has 0 fully saturated rings. The van der Waals surface area contributed by atoms with Crippen molar-refractivity contribution < 1.29 is 23.9 Å². The second-order valence-electron chi connectivity index (χ2n) is 5.93. The summed E-state index contributed by atoms with van der Waals surface area (Å²) in [7, 11) is 4.66. The van der Waals surface area contributed by atoms with Gasteiger partial charge in [0.2, 0.25) is 6.10 Å². The van der Waals surface area contributed by atoms with E-state index >= 15 is 0 Å². The Morgan fingerprint density at radius 2 is 1.74 bits per heavy atom. The van der Waals surface area contributed by atoms with Gasteiger partial charge in [-0.15, -0.1) is 0 Å². The number of rotatable bonds is 7. The van der Waals surface area contributed by atoms with Crippen LogP contribution in [-0.4, -0.2) is 50.4 Å². The monoisotopic (exact) mass is 370 g/mol. The molecule has 0 saturated carbocycles. The Labute approximate surface area is 157 Å². The van der Waals surface area contributed by atoms with Gasteiger partial charge in [-0.05, 0) is 18.2 Å². The second-order valence-corrected chi connectivity index (χ2v) is 5.93. The van der Waals surface area contributed by atoms with Crippen molar-refractivity contribution in [2.75, 3.05) is 27.7 Å². The Bertz CT molecular complexity index is 805. The molecule has 0 aromatic heterocycles. The van der Waals surface area contributed by atoms with E-state index < -0.39 is 18.0 Å². The highest BCUT2D eigenvalue weighted by Crippen LogP contribution is 2.19. The number of nitrogens with one attached hydrogen (secondary N) is 1. The number of carbonyl (C=O) groups is 3. The van der Waals surface area contributed by atoms with Crippen LogP contribution in [0.5, 0.6) is 5.75 Å². The van der Waals surface area contributed by atoms with Crippen LogP contribution in [0.3, 0.4) is 0 Å². The number of hydrogen-bond donors (Lipinski definition) is 1. The molecule has 0 heterocycles. The highest BCUT2D eigenvalue weighted by molar-refractivity contribution is 5.96. The largest absolute Gasteiger partial charge is 0.497 e. The van der Waals surface area contributed by atoms with Crippen molar-refractivity contribution >= 4 is 17.8 Å². The Kier molecular flexibility index (Phi) is 6.93. The van der Waals surface area contributed by atoms with Crippen LogP contribution < -0.4 is 10.1 Å². The van der Waals surface area contributed by atoms with Crippen molar-refractivity contribution in [3.05, 3.63) is 65.7 Å². The highest BCUT2D eigenvalue weighted by atomic mass is 16.5. The lowest BCUT2D eigenvalue weighted by Gasteiger charge is -2.21. The van der Waals surface area contributed by atoms with Crippen molar-refractivity contribution in [3.8, 4) is 5.75 Å². The van der Waals surface area contributed by atoms with E-state index in [0.29, 0.717) is 16.9 Å². The van der Waals surface area contributed by atoms with Gasteiger partial charge in [-0.1, -0.05) is 36.4 Å². The van der Waals surface area contributed by atoms with E-state index in [9.17, 15) is 14.4 Å². The molecule has 7 nitrogen and oxygen atoms in total. The van der Waals surface area contributed by atoms with Crippen LogP contribution in [0.4, 0.5) is 0 Å². The number of likely N-dealkylation sites (N-methyl/N-ethyl adjacent to an activating group) is 1. The fourth-order valence-corrected chi connectivity index (χ4v) is 2.32. The minimum absolute atomic E-state index is 0.353. The Balaban J connectivity index is 2.01. The number of carbonyl (C=O) groups excluding carboxylic acids is 3. The molecular formula is C20H22N2O5. The molecule has 0 unspecified atom stereocenters. The molecule has 0 bridgehead atoms. The van der Waals surface area contributed by atoms with E-state index in [1.165, 1.54) is 12.0 Å². The molecule has 2 rings (SSSR count). The van der Waals surface area contributed by atoms with Gasteiger partial charge < -0.3 is 19.7 Å². The fourth-order valence-electron chi connectivity index (χ4n) is 2.32. The highest BCUT2D eigenvalue weighted by Gasteiger charge is 2.26. The third-order valence-corrected chi connectivity index (χ3v) is 3.74. The van der Waals surface area contributed by atoms with Gasteiger partial charge in [0.15, 0.2) is 0 Å². The first-order chi connectivity index (χ1) is 12.9. The van der Waals surface area contributed by atoms with Crippen LogP contribution in [0.1, 0.15) is 22.0 Å². The zero-order valence-corrected chi connectivity index (χ0v) is 15.5. The number of amides is 2. The summed E-state index contributed by atoms with van der Waals surface area (Å²) in [5.74, 6) is -0.990. The Morgan fingerprint density at radius 1 is 1.04 bits per heavy atom. The maximum atomic E-state index is 12.4. The summed E-state index contributed by atoms with van der Waals surface area (Å²) < 4.78 is 10.4. The fraction of sp³-hybridized carbons (Fsp3) is 0.250. The minimum Gasteiger partial charge on any atom is -0.497 e. The molecule has 1 N–H and O–H groups in total. The van der Waals surface area contributed by atoms with E-state index in [2.05, 4.69) is 5.32 Å². The molecule has 2 amide bonds. The van der Waals surface area contributed by atoms with Crippen molar-refractivity contribution in [2.45, 2.75) is 6.10 Å². The molecule has 1 atom stereocenters. The zero-order chi connectivity index (χ0) is 19.8. The third kappa shape index (κ3) is 5.57. The topological polar surface area (TPSA) is 84.9 Å². The smallest absolute Gasteiger partial charge is 0.326 e. The lowest BCUT2D eigenvalue weighted by Crippen LogP contribution is -2.35. The first-order valence-corrected chi connectivity index (χ1v) is 8.30. The molecule has 0 saturated heterocycles. The standard InChI is InChI=1S/C20H22N2O5/c1-22(2)20(25)18(14-8-5-4-6-9-14)27-17(23)13-21-19(24)15-10-7-11-16(12-15)26-3/h4-12,18H,13H2,1-3H3,(H,21,24)/t18-/m0/s1. The van der Waals surface area contributed by atoms with Crippen molar-refractivity contribution in [2.24, 2.45) is 0 Å². The third-order valence-electron chi connectivity index (χ3n) is 3.74. The van der Waals surface area contributed by atoms with Crippen LogP contribution in [0.15, 0.2) is 54.6 Å². The van der Waals surface area contributed by atoms with Crippen molar-refractivity contribution in [1.29, 1.82) is 0 Å². The number of hydrogen-bond acceptors (Lipinski definition) is 5. The van der Waals surface area contributed by atoms with E-state index in [0.717, 1.165) is 0 Å². The molecule has 2 aromatic rings. The van der Waals surface area contributed by atoms with Gasteiger partial charge in [-0.2, -0.15) is 0 Å². The number of methoxy groups -OCH3 is 1. The number of benzene rings is 2. The van der Waals surface area contributed by atoms with Crippen LogP contribution in [0.2, 0.25) is 0 Å². The maximum absolute atomic E-state index is 12.4. The molecule has 142 valence electrons. The summed E-state index contributed by atoms with van der Waals surface area (Å²) in [6.45, 7) is -0.361. The zero-order valence-electron chi connectivity index (χ0n) is 15.5.